The van der Waals surface area contributed by atoms with Crippen LogP contribution in [0.25, 0.3) is 0 Å². The van der Waals surface area contributed by atoms with E-state index in [0.717, 1.165) is 6.54 Å². The molecule has 6 heteroatoms. The van der Waals surface area contributed by atoms with Gasteiger partial charge in [0.1, 0.15) is 0 Å². The van der Waals surface area contributed by atoms with E-state index in [-0.39, 0.29) is 29.8 Å². The maximum Gasteiger partial charge on any atom is 0.252 e. The Hall–Kier alpha value is -1.95. The van der Waals surface area contributed by atoms with Crippen LogP contribution in [0.1, 0.15) is 24.2 Å². The van der Waals surface area contributed by atoms with Gasteiger partial charge in [0.25, 0.3) is 5.91 Å². The molecule has 6 nitrogen and oxygen atoms in total. The highest BCUT2D eigenvalue weighted by Crippen LogP contribution is 2.33. The van der Waals surface area contributed by atoms with Crippen LogP contribution in [0, 0.1) is 17.8 Å². The van der Waals surface area contributed by atoms with Gasteiger partial charge in [-0.1, -0.05) is 13.8 Å². The lowest BCUT2D eigenvalue weighted by Gasteiger charge is -2.21. The van der Waals surface area contributed by atoms with Crippen LogP contribution in [-0.4, -0.2) is 54.0 Å². The fraction of sp³-hybridized carbons (Fsp3) is 0.588. The minimum atomic E-state index is -0.116. The molecule has 1 N–H and O–H groups in total. The van der Waals surface area contributed by atoms with E-state index >= 15 is 0 Å². The topological polar surface area (TPSA) is 71.5 Å². The zero-order valence-corrected chi connectivity index (χ0v) is 13.6. The first kappa shape index (κ1) is 15.9. The third kappa shape index (κ3) is 3.37. The summed E-state index contributed by atoms with van der Waals surface area (Å²) in [6, 6.07) is 3.49. The number of ether oxygens (including phenoxy) is 1. The van der Waals surface area contributed by atoms with E-state index in [1.165, 1.54) is 0 Å². The van der Waals surface area contributed by atoms with Crippen molar-refractivity contribution in [3.63, 3.8) is 0 Å². The van der Waals surface area contributed by atoms with Gasteiger partial charge in [-0.2, -0.15) is 0 Å². The quantitative estimate of drug-likeness (QED) is 0.897. The fourth-order valence-electron chi connectivity index (χ4n) is 3.38. The summed E-state index contributed by atoms with van der Waals surface area (Å²) in [5.41, 5.74) is 0.561. The van der Waals surface area contributed by atoms with Gasteiger partial charge in [0.05, 0.1) is 18.3 Å². The molecule has 23 heavy (non-hydrogen) atoms. The standard InChI is InChI=1S/C17H23N3O3/c1-11(2)17(22)20-8-14-13(10-23-15(14)9-20)7-19-16(21)12-4-3-5-18-6-12/h3-6,11,13-15H,7-10H2,1-2H3,(H,19,21)/t13-,14-,15-/m1/s1. The molecule has 2 aliphatic rings. The predicted octanol–water partition coefficient (Wildman–Crippen LogP) is 0.941. The van der Waals surface area contributed by atoms with E-state index in [0.29, 0.717) is 31.2 Å². The summed E-state index contributed by atoms with van der Waals surface area (Å²) in [7, 11) is 0. The summed E-state index contributed by atoms with van der Waals surface area (Å²) in [6.07, 6.45) is 3.31. The van der Waals surface area contributed by atoms with E-state index in [9.17, 15) is 9.59 Å². The molecule has 0 aromatic carbocycles. The zero-order valence-electron chi connectivity index (χ0n) is 13.6. The van der Waals surface area contributed by atoms with Gasteiger partial charge >= 0.3 is 0 Å². The van der Waals surface area contributed by atoms with E-state index in [4.69, 9.17) is 4.74 Å². The van der Waals surface area contributed by atoms with Crippen molar-refractivity contribution in [1.29, 1.82) is 0 Å². The summed E-state index contributed by atoms with van der Waals surface area (Å²) in [5, 5.41) is 2.96. The van der Waals surface area contributed by atoms with Crippen LogP contribution in [-0.2, 0) is 9.53 Å². The molecule has 0 spiro atoms. The van der Waals surface area contributed by atoms with Crippen molar-refractivity contribution in [2.24, 2.45) is 17.8 Å². The van der Waals surface area contributed by atoms with Gasteiger partial charge in [0.15, 0.2) is 0 Å². The molecular formula is C17H23N3O3. The Balaban J connectivity index is 1.54. The first-order valence-electron chi connectivity index (χ1n) is 8.15. The van der Waals surface area contributed by atoms with Crippen molar-refractivity contribution < 1.29 is 14.3 Å². The molecule has 1 aromatic rings. The molecule has 0 unspecified atom stereocenters. The Labute approximate surface area is 136 Å². The summed E-state index contributed by atoms with van der Waals surface area (Å²) < 4.78 is 5.83. The summed E-state index contributed by atoms with van der Waals surface area (Å²) >= 11 is 0. The van der Waals surface area contributed by atoms with Crippen LogP contribution < -0.4 is 5.32 Å². The number of aromatic nitrogens is 1. The van der Waals surface area contributed by atoms with Crippen molar-refractivity contribution >= 4 is 11.8 Å². The average molecular weight is 317 g/mol. The number of nitrogens with one attached hydrogen (secondary N) is 1. The molecule has 1 aromatic heterocycles. The average Bonchev–Trinajstić information content (AvgIpc) is 3.13. The van der Waals surface area contributed by atoms with E-state index < -0.39 is 0 Å². The molecule has 3 heterocycles. The Kier molecular flexibility index (Phi) is 4.61. The number of amides is 2. The summed E-state index contributed by atoms with van der Waals surface area (Å²) in [6.45, 7) is 6.46. The van der Waals surface area contributed by atoms with Gasteiger partial charge in [-0.15, -0.1) is 0 Å². The molecular weight excluding hydrogens is 294 g/mol. The van der Waals surface area contributed by atoms with Crippen molar-refractivity contribution in [2.75, 3.05) is 26.2 Å². The predicted molar refractivity (Wildman–Crippen MR) is 84.7 cm³/mol. The zero-order chi connectivity index (χ0) is 16.4. The minimum absolute atomic E-state index is 0.0116. The number of nitrogens with zero attached hydrogens (tertiary/aromatic N) is 2. The molecule has 2 aliphatic heterocycles. The number of carbonyl (C=O) groups excluding carboxylic acids is 2. The highest BCUT2D eigenvalue weighted by molar-refractivity contribution is 5.93. The van der Waals surface area contributed by atoms with Crippen LogP contribution >= 0.6 is 0 Å². The SMILES string of the molecule is CC(C)C(=O)N1C[C@@H]2[C@H](CNC(=O)c3cccnc3)CO[C@@H]2C1. The smallest absolute Gasteiger partial charge is 0.252 e. The highest BCUT2D eigenvalue weighted by Gasteiger charge is 2.45. The molecule has 0 saturated carbocycles. The lowest BCUT2D eigenvalue weighted by Crippen LogP contribution is -2.36. The number of pyridine rings is 1. The van der Waals surface area contributed by atoms with Gasteiger partial charge in [0.2, 0.25) is 5.91 Å². The number of hydrogen-bond donors (Lipinski definition) is 1. The number of hydrogen-bond acceptors (Lipinski definition) is 4. The normalized spacial score (nSPS) is 26.4. The lowest BCUT2D eigenvalue weighted by molar-refractivity contribution is -0.134. The molecule has 0 radical (unpaired) electrons. The van der Waals surface area contributed by atoms with Gasteiger partial charge in [-0.05, 0) is 12.1 Å². The van der Waals surface area contributed by atoms with Crippen molar-refractivity contribution in [3.8, 4) is 0 Å². The second kappa shape index (κ2) is 6.66. The molecule has 3 rings (SSSR count). The van der Waals surface area contributed by atoms with Gasteiger partial charge in [-0.3, -0.25) is 14.6 Å². The lowest BCUT2D eigenvalue weighted by atomic mass is 9.93. The molecule has 2 amide bonds. The fourth-order valence-corrected chi connectivity index (χ4v) is 3.38. The Morgan fingerprint density at radius 2 is 2.26 bits per heavy atom. The van der Waals surface area contributed by atoms with Gasteiger partial charge in [0, 0.05) is 49.8 Å². The van der Waals surface area contributed by atoms with Crippen LogP contribution in [0.15, 0.2) is 24.5 Å². The number of carbonyl (C=O) groups is 2. The van der Waals surface area contributed by atoms with Crippen LogP contribution in [0.2, 0.25) is 0 Å². The maximum absolute atomic E-state index is 12.1. The first-order valence-corrected chi connectivity index (χ1v) is 8.15. The Morgan fingerprint density at radius 1 is 1.43 bits per heavy atom. The van der Waals surface area contributed by atoms with Crippen LogP contribution in [0.5, 0.6) is 0 Å². The van der Waals surface area contributed by atoms with Gasteiger partial charge < -0.3 is 15.0 Å². The molecule has 3 atom stereocenters. The van der Waals surface area contributed by atoms with Crippen LogP contribution in [0.4, 0.5) is 0 Å². The van der Waals surface area contributed by atoms with E-state index in [2.05, 4.69) is 10.3 Å². The number of fused-ring (bicyclic) bond motifs is 1. The number of rotatable bonds is 4. The molecule has 0 aliphatic carbocycles. The van der Waals surface area contributed by atoms with Crippen LogP contribution in [0.3, 0.4) is 0 Å². The molecule has 2 fully saturated rings. The third-order valence-electron chi connectivity index (χ3n) is 4.69. The Bertz CT molecular complexity index is 576. The second-order valence-corrected chi connectivity index (χ2v) is 6.65. The molecule has 0 bridgehead atoms. The highest BCUT2D eigenvalue weighted by atomic mass is 16.5. The second-order valence-electron chi connectivity index (χ2n) is 6.65. The molecule has 2 saturated heterocycles. The van der Waals surface area contributed by atoms with Crippen molar-refractivity contribution in [3.05, 3.63) is 30.1 Å². The summed E-state index contributed by atoms with van der Waals surface area (Å²) in [4.78, 5) is 30.1. The monoisotopic (exact) mass is 317 g/mol. The van der Waals surface area contributed by atoms with Crippen molar-refractivity contribution in [2.45, 2.75) is 20.0 Å². The first-order chi connectivity index (χ1) is 11.1. The largest absolute Gasteiger partial charge is 0.376 e. The maximum atomic E-state index is 12.1. The van der Waals surface area contributed by atoms with E-state index in [1.807, 2.05) is 18.7 Å². The molecule has 124 valence electrons. The van der Waals surface area contributed by atoms with Crippen molar-refractivity contribution in [1.82, 2.24) is 15.2 Å². The number of likely N-dealkylation sites (tertiary alicyclic amines) is 1. The minimum Gasteiger partial charge on any atom is -0.376 e. The Morgan fingerprint density at radius 3 is 2.96 bits per heavy atom. The summed E-state index contributed by atoms with van der Waals surface area (Å²) in [5.74, 6) is 0.644. The third-order valence-corrected chi connectivity index (χ3v) is 4.69. The van der Waals surface area contributed by atoms with E-state index in [1.54, 1.807) is 24.5 Å². The van der Waals surface area contributed by atoms with Gasteiger partial charge in [-0.25, -0.2) is 0 Å².